The molecule has 0 bridgehead atoms. The smallest absolute Gasteiger partial charge is 0.0604 e. The first-order valence-corrected chi connectivity index (χ1v) is 3.52. The summed E-state index contributed by atoms with van der Waals surface area (Å²) < 4.78 is 1.87. The molecule has 0 fully saturated rings. The van der Waals surface area contributed by atoms with Crippen molar-refractivity contribution in [1.82, 2.24) is 9.78 Å². The molecule has 10 heavy (non-hydrogen) atoms. The van der Waals surface area contributed by atoms with Crippen molar-refractivity contribution in [2.45, 2.75) is 13.5 Å². The third-order valence-corrected chi connectivity index (χ3v) is 1.47. The quantitative estimate of drug-likeness (QED) is 0.640. The van der Waals surface area contributed by atoms with E-state index in [4.69, 9.17) is 11.6 Å². The van der Waals surface area contributed by atoms with E-state index in [2.05, 4.69) is 5.10 Å². The minimum absolute atomic E-state index is 0.752. The van der Waals surface area contributed by atoms with Crippen molar-refractivity contribution in [2.24, 2.45) is 0 Å². The van der Waals surface area contributed by atoms with Gasteiger partial charge in [-0.05, 0) is 13.0 Å². The van der Waals surface area contributed by atoms with E-state index in [1.807, 2.05) is 23.7 Å². The highest BCUT2D eigenvalue weighted by Crippen LogP contribution is 1.95. The molecule has 54 valence electrons. The third kappa shape index (κ3) is 1.61. The molecule has 0 atom stereocenters. The molecule has 0 aliphatic heterocycles. The number of nitrogens with zero attached hydrogens (tertiary/aromatic N) is 2. The predicted molar refractivity (Wildman–Crippen MR) is 42.0 cm³/mol. The van der Waals surface area contributed by atoms with Crippen molar-refractivity contribution in [3.05, 3.63) is 29.6 Å². The van der Waals surface area contributed by atoms with Crippen LogP contribution < -0.4 is 0 Å². The van der Waals surface area contributed by atoms with Gasteiger partial charge in [-0.1, -0.05) is 17.7 Å². The minimum atomic E-state index is 0.752. The lowest BCUT2D eigenvalue weighted by atomic mass is 10.5. The molecular formula is C7H9ClN2. The Morgan fingerprint density at radius 2 is 2.60 bits per heavy atom. The first-order valence-electron chi connectivity index (χ1n) is 3.08. The highest BCUT2D eigenvalue weighted by atomic mass is 35.5. The standard InChI is InChI=1S/C7H9ClN2/c1-7-3-5-9-10(7)6-2-4-8/h2-5H,6H2,1H3. The van der Waals surface area contributed by atoms with E-state index >= 15 is 0 Å². The van der Waals surface area contributed by atoms with Gasteiger partial charge in [0.25, 0.3) is 0 Å². The molecule has 0 saturated carbocycles. The van der Waals surface area contributed by atoms with Crippen LogP contribution in [0.2, 0.25) is 0 Å². The molecule has 0 amide bonds. The molecule has 0 N–H and O–H groups in total. The minimum Gasteiger partial charge on any atom is -0.266 e. The lowest BCUT2D eigenvalue weighted by Crippen LogP contribution is -1.98. The molecule has 2 nitrogen and oxygen atoms in total. The van der Waals surface area contributed by atoms with Crippen LogP contribution in [0, 0.1) is 6.92 Å². The van der Waals surface area contributed by atoms with Gasteiger partial charge in [0.15, 0.2) is 0 Å². The normalized spacial score (nSPS) is 11.0. The lowest BCUT2D eigenvalue weighted by Gasteiger charge is -1.96. The maximum atomic E-state index is 5.35. The van der Waals surface area contributed by atoms with E-state index in [0.717, 1.165) is 12.2 Å². The van der Waals surface area contributed by atoms with Gasteiger partial charge in [-0.2, -0.15) is 5.10 Å². The largest absolute Gasteiger partial charge is 0.266 e. The van der Waals surface area contributed by atoms with Gasteiger partial charge in [-0.25, -0.2) is 0 Å². The van der Waals surface area contributed by atoms with Gasteiger partial charge in [0.05, 0.1) is 6.54 Å². The van der Waals surface area contributed by atoms with Gasteiger partial charge in [0, 0.05) is 17.4 Å². The molecule has 0 saturated heterocycles. The summed E-state index contributed by atoms with van der Waals surface area (Å²) >= 11 is 5.35. The van der Waals surface area contributed by atoms with Crippen LogP contribution in [-0.2, 0) is 6.54 Å². The molecule has 1 heterocycles. The Bertz CT molecular complexity index is 227. The molecule has 1 aromatic heterocycles. The first kappa shape index (κ1) is 7.35. The number of rotatable bonds is 2. The van der Waals surface area contributed by atoms with Crippen molar-refractivity contribution in [3.8, 4) is 0 Å². The van der Waals surface area contributed by atoms with Crippen molar-refractivity contribution in [3.63, 3.8) is 0 Å². The Balaban J connectivity index is 2.65. The van der Waals surface area contributed by atoms with Crippen molar-refractivity contribution >= 4 is 11.6 Å². The first-order chi connectivity index (χ1) is 4.84. The maximum Gasteiger partial charge on any atom is 0.0604 e. The zero-order valence-electron chi connectivity index (χ0n) is 5.79. The van der Waals surface area contributed by atoms with Gasteiger partial charge in [0.2, 0.25) is 0 Å². The maximum absolute atomic E-state index is 5.35. The number of halogens is 1. The fraction of sp³-hybridized carbons (Fsp3) is 0.286. The number of allylic oxidation sites excluding steroid dienone is 1. The van der Waals surface area contributed by atoms with Crippen molar-refractivity contribution in [2.75, 3.05) is 0 Å². The van der Waals surface area contributed by atoms with Crippen LogP contribution in [0.15, 0.2) is 23.9 Å². The third-order valence-electron chi connectivity index (χ3n) is 1.30. The van der Waals surface area contributed by atoms with Crippen LogP contribution in [0.3, 0.4) is 0 Å². The molecule has 0 unspecified atom stereocenters. The Hall–Kier alpha value is -0.760. The van der Waals surface area contributed by atoms with Crippen LogP contribution in [0.1, 0.15) is 5.69 Å². The number of aromatic nitrogens is 2. The molecule has 0 aliphatic carbocycles. The number of aryl methyl sites for hydroxylation is 1. The van der Waals surface area contributed by atoms with E-state index in [0.29, 0.717) is 0 Å². The van der Waals surface area contributed by atoms with E-state index in [1.54, 1.807) is 6.20 Å². The number of hydrogen-bond donors (Lipinski definition) is 0. The second-order valence-electron chi connectivity index (χ2n) is 2.02. The fourth-order valence-corrected chi connectivity index (χ4v) is 0.809. The molecule has 0 radical (unpaired) electrons. The lowest BCUT2D eigenvalue weighted by molar-refractivity contribution is 0.679. The summed E-state index contributed by atoms with van der Waals surface area (Å²) in [6, 6.07) is 1.96. The van der Waals surface area contributed by atoms with Gasteiger partial charge < -0.3 is 0 Å². The summed E-state index contributed by atoms with van der Waals surface area (Å²) in [5.74, 6) is 0. The van der Waals surface area contributed by atoms with Gasteiger partial charge in [-0.3, -0.25) is 4.68 Å². The number of hydrogen-bond acceptors (Lipinski definition) is 1. The Kier molecular flexibility index (Phi) is 2.51. The zero-order chi connectivity index (χ0) is 7.40. The summed E-state index contributed by atoms with van der Waals surface area (Å²) in [5, 5.41) is 4.06. The highest BCUT2D eigenvalue weighted by Gasteiger charge is 1.90. The molecule has 0 aromatic carbocycles. The van der Waals surface area contributed by atoms with Crippen LogP contribution in [0.25, 0.3) is 0 Å². The van der Waals surface area contributed by atoms with Crippen molar-refractivity contribution < 1.29 is 0 Å². The molecular weight excluding hydrogens is 148 g/mol. The summed E-state index contributed by atoms with van der Waals surface area (Å²) in [6.45, 7) is 2.76. The summed E-state index contributed by atoms with van der Waals surface area (Å²) in [4.78, 5) is 0. The second-order valence-corrected chi connectivity index (χ2v) is 2.27. The Labute approximate surface area is 65.1 Å². The predicted octanol–water partition coefficient (Wildman–Crippen LogP) is 1.94. The monoisotopic (exact) mass is 156 g/mol. The summed E-state index contributed by atoms with van der Waals surface area (Å²) in [6.07, 6.45) is 3.62. The molecule has 0 aliphatic rings. The van der Waals surface area contributed by atoms with E-state index in [1.165, 1.54) is 5.54 Å². The van der Waals surface area contributed by atoms with Crippen LogP contribution in [0.4, 0.5) is 0 Å². The Morgan fingerprint density at radius 1 is 1.80 bits per heavy atom. The topological polar surface area (TPSA) is 17.8 Å². The van der Waals surface area contributed by atoms with Gasteiger partial charge in [-0.15, -0.1) is 0 Å². The van der Waals surface area contributed by atoms with E-state index in [9.17, 15) is 0 Å². The summed E-state index contributed by atoms with van der Waals surface area (Å²) in [5.41, 5.74) is 2.65. The van der Waals surface area contributed by atoms with E-state index < -0.39 is 0 Å². The molecule has 1 rings (SSSR count). The average molecular weight is 157 g/mol. The average Bonchev–Trinajstić information content (AvgIpc) is 2.31. The van der Waals surface area contributed by atoms with E-state index in [-0.39, 0.29) is 0 Å². The second kappa shape index (κ2) is 3.42. The molecule has 1 aromatic rings. The highest BCUT2D eigenvalue weighted by molar-refractivity contribution is 6.25. The fourth-order valence-electron chi connectivity index (χ4n) is 0.730. The Morgan fingerprint density at radius 3 is 3.10 bits per heavy atom. The molecule has 3 heteroatoms. The van der Waals surface area contributed by atoms with Gasteiger partial charge >= 0.3 is 0 Å². The molecule has 0 spiro atoms. The SMILES string of the molecule is Cc1ccnn1CC=CCl. The van der Waals surface area contributed by atoms with Gasteiger partial charge in [0.1, 0.15) is 0 Å². The summed E-state index contributed by atoms with van der Waals surface area (Å²) in [7, 11) is 0. The van der Waals surface area contributed by atoms with Crippen LogP contribution in [-0.4, -0.2) is 9.78 Å². The van der Waals surface area contributed by atoms with Crippen molar-refractivity contribution in [1.29, 1.82) is 0 Å². The van der Waals surface area contributed by atoms with Crippen LogP contribution >= 0.6 is 11.6 Å². The van der Waals surface area contributed by atoms with Crippen LogP contribution in [0.5, 0.6) is 0 Å². The zero-order valence-corrected chi connectivity index (χ0v) is 6.54.